The monoisotopic (exact) mass is 533 g/mol. The molecule has 0 aliphatic rings. The van der Waals surface area contributed by atoms with Gasteiger partial charge in [-0.25, -0.2) is 0 Å². The molecule has 2 unspecified atom stereocenters. The average molecular weight is 534 g/mol. The summed E-state index contributed by atoms with van der Waals surface area (Å²) in [7, 11) is 5.00. The summed E-state index contributed by atoms with van der Waals surface area (Å²) in [6.45, 7) is 8.97. The molecule has 0 aliphatic carbocycles. The van der Waals surface area contributed by atoms with Crippen LogP contribution in [-0.2, 0) is 0 Å². The molecule has 0 heterocycles. The number of hydrogen-bond acceptors (Lipinski definition) is 6. The van der Waals surface area contributed by atoms with Gasteiger partial charge in [-0.1, -0.05) is 71.6 Å². The van der Waals surface area contributed by atoms with Crippen LogP contribution in [0.5, 0.6) is 17.2 Å². The van der Waals surface area contributed by atoms with Crippen LogP contribution in [0.2, 0.25) is 0 Å². The number of benzene rings is 3. The van der Waals surface area contributed by atoms with Gasteiger partial charge >= 0.3 is 0 Å². The molecule has 6 heteroatoms. The summed E-state index contributed by atoms with van der Waals surface area (Å²) >= 11 is 0. The summed E-state index contributed by atoms with van der Waals surface area (Å²) in [5.41, 5.74) is 25.7. The fourth-order valence-electron chi connectivity index (χ4n) is 6.08. The van der Waals surface area contributed by atoms with E-state index in [1.54, 1.807) is 21.3 Å². The third kappa shape index (κ3) is 6.21. The van der Waals surface area contributed by atoms with Crippen LogP contribution in [0, 0.1) is 11.8 Å². The fraction of sp³-hybridized carbons (Fsp3) is 0.455. The summed E-state index contributed by atoms with van der Waals surface area (Å²) < 4.78 is 17.1. The largest absolute Gasteiger partial charge is 0.495 e. The van der Waals surface area contributed by atoms with E-state index in [1.165, 1.54) is 11.1 Å². The van der Waals surface area contributed by atoms with E-state index in [4.69, 9.17) is 31.4 Å². The Kier molecular flexibility index (Phi) is 10.4. The van der Waals surface area contributed by atoms with Crippen LogP contribution in [0.25, 0.3) is 0 Å². The van der Waals surface area contributed by atoms with Crippen LogP contribution in [0.15, 0.2) is 48.5 Å². The predicted octanol–water partition coefficient (Wildman–Crippen LogP) is 7.60. The van der Waals surface area contributed by atoms with Crippen LogP contribution < -0.4 is 31.4 Å². The molecule has 3 rings (SSSR count). The minimum absolute atomic E-state index is 0.0478. The molecular formula is C33H47N3O3. The highest BCUT2D eigenvalue weighted by molar-refractivity contribution is 5.66. The Morgan fingerprint density at radius 3 is 1.38 bits per heavy atom. The van der Waals surface area contributed by atoms with E-state index < -0.39 is 0 Å². The minimum atomic E-state index is 0.0478. The van der Waals surface area contributed by atoms with Crippen molar-refractivity contribution < 1.29 is 14.2 Å². The minimum Gasteiger partial charge on any atom is -0.495 e. The number of rotatable bonds is 13. The van der Waals surface area contributed by atoms with Gasteiger partial charge in [0.05, 0.1) is 38.4 Å². The average Bonchev–Trinajstić information content (AvgIpc) is 2.96. The number of nitrogen functional groups attached to an aromatic ring is 3. The molecule has 0 fully saturated rings. The van der Waals surface area contributed by atoms with Crippen molar-refractivity contribution in [2.45, 2.75) is 65.2 Å². The topological polar surface area (TPSA) is 106 Å². The maximum absolute atomic E-state index is 6.88. The van der Waals surface area contributed by atoms with Gasteiger partial charge in [-0.05, 0) is 64.4 Å². The zero-order chi connectivity index (χ0) is 28.7. The zero-order valence-corrected chi connectivity index (χ0v) is 24.7. The van der Waals surface area contributed by atoms with E-state index in [9.17, 15) is 0 Å². The van der Waals surface area contributed by atoms with E-state index in [0.717, 1.165) is 36.8 Å². The molecule has 0 spiro atoms. The molecule has 6 nitrogen and oxygen atoms in total. The molecule has 3 aromatic rings. The highest BCUT2D eigenvalue weighted by Gasteiger charge is 2.30. The lowest BCUT2D eigenvalue weighted by Gasteiger charge is -2.32. The summed E-state index contributed by atoms with van der Waals surface area (Å²) in [6.07, 6.45) is 4.07. The number of methoxy groups -OCH3 is 3. The van der Waals surface area contributed by atoms with E-state index in [-0.39, 0.29) is 11.8 Å². The van der Waals surface area contributed by atoms with Crippen molar-refractivity contribution in [1.82, 2.24) is 0 Å². The Bertz CT molecular complexity index is 1240. The second kappa shape index (κ2) is 13.5. The lowest BCUT2D eigenvalue weighted by atomic mass is 9.73. The highest BCUT2D eigenvalue weighted by atomic mass is 16.5. The molecule has 2 atom stereocenters. The normalized spacial score (nSPS) is 12.9. The lowest BCUT2D eigenvalue weighted by molar-refractivity contribution is 0.402. The van der Waals surface area contributed by atoms with Crippen molar-refractivity contribution in [3.63, 3.8) is 0 Å². The lowest BCUT2D eigenvalue weighted by Crippen LogP contribution is -2.18. The second-order valence-corrected chi connectivity index (χ2v) is 10.3. The quantitative estimate of drug-likeness (QED) is 0.195. The van der Waals surface area contributed by atoms with Gasteiger partial charge in [0, 0.05) is 11.8 Å². The van der Waals surface area contributed by atoms with Crippen LogP contribution in [0.3, 0.4) is 0 Å². The first-order valence-electron chi connectivity index (χ1n) is 14.1. The first kappa shape index (κ1) is 30.0. The van der Waals surface area contributed by atoms with Crippen molar-refractivity contribution in [3.8, 4) is 17.2 Å². The maximum Gasteiger partial charge on any atom is 0.142 e. The molecule has 0 saturated heterocycles. The SMILES string of the molecule is CCC(CC)C(c1ccc(N)c(OC)c1)c1cc(OC)c(N)c(C(c2ccc(N)c(OC)c2)C(CC)CC)c1. The fourth-order valence-corrected chi connectivity index (χ4v) is 6.08. The van der Waals surface area contributed by atoms with Gasteiger partial charge in [0.1, 0.15) is 17.2 Å². The smallest absolute Gasteiger partial charge is 0.142 e. The third-order valence-corrected chi connectivity index (χ3v) is 8.38. The van der Waals surface area contributed by atoms with E-state index in [0.29, 0.717) is 46.1 Å². The van der Waals surface area contributed by atoms with Gasteiger partial charge in [-0.3, -0.25) is 0 Å². The number of ether oxygens (including phenoxy) is 3. The van der Waals surface area contributed by atoms with Gasteiger partial charge in [0.25, 0.3) is 0 Å². The first-order chi connectivity index (χ1) is 18.8. The highest BCUT2D eigenvalue weighted by Crippen LogP contribution is 2.47. The number of nitrogens with two attached hydrogens (primary N) is 3. The molecule has 0 aromatic heterocycles. The van der Waals surface area contributed by atoms with Crippen molar-refractivity contribution in [3.05, 3.63) is 70.8 Å². The molecule has 0 aliphatic heterocycles. The van der Waals surface area contributed by atoms with E-state index >= 15 is 0 Å². The zero-order valence-electron chi connectivity index (χ0n) is 24.7. The molecule has 0 radical (unpaired) electrons. The molecular weight excluding hydrogens is 486 g/mol. The molecule has 0 amide bonds. The van der Waals surface area contributed by atoms with Gasteiger partial charge in [-0.15, -0.1) is 0 Å². The molecule has 3 aromatic carbocycles. The van der Waals surface area contributed by atoms with Crippen molar-refractivity contribution >= 4 is 17.1 Å². The van der Waals surface area contributed by atoms with Crippen LogP contribution in [0.1, 0.15) is 87.5 Å². The van der Waals surface area contributed by atoms with Crippen LogP contribution >= 0.6 is 0 Å². The molecule has 0 saturated carbocycles. The first-order valence-corrected chi connectivity index (χ1v) is 14.1. The van der Waals surface area contributed by atoms with E-state index in [2.05, 4.69) is 64.1 Å². The number of hydrogen-bond donors (Lipinski definition) is 3. The van der Waals surface area contributed by atoms with Crippen molar-refractivity contribution in [2.24, 2.45) is 11.8 Å². The summed E-state index contributed by atoms with van der Waals surface area (Å²) in [6, 6.07) is 16.6. The summed E-state index contributed by atoms with van der Waals surface area (Å²) in [5.74, 6) is 2.99. The molecule has 6 N–H and O–H groups in total. The van der Waals surface area contributed by atoms with E-state index in [1.807, 2.05) is 12.1 Å². The Labute approximate surface area is 234 Å². The van der Waals surface area contributed by atoms with Crippen LogP contribution in [-0.4, -0.2) is 21.3 Å². The molecule has 212 valence electrons. The van der Waals surface area contributed by atoms with Gasteiger partial charge < -0.3 is 31.4 Å². The molecule has 39 heavy (non-hydrogen) atoms. The predicted molar refractivity (Wildman–Crippen MR) is 164 cm³/mol. The third-order valence-electron chi connectivity index (χ3n) is 8.38. The standard InChI is InChI=1S/C33H47N3O3/c1-8-20(9-2)31(22-12-14-26(34)28(17-22)37-5)24-16-25(33(36)30(19-24)39-7)32(21(10-3)11-4)23-13-15-27(35)29(18-23)38-6/h12-21,31-32H,8-11,34-36H2,1-7H3. The van der Waals surface area contributed by atoms with Gasteiger partial charge in [0.15, 0.2) is 0 Å². The number of anilines is 3. The summed E-state index contributed by atoms with van der Waals surface area (Å²) in [5, 5.41) is 0. The molecule has 0 bridgehead atoms. The Morgan fingerprint density at radius 2 is 0.949 bits per heavy atom. The summed E-state index contributed by atoms with van der Waals surface area (Å²) in [4.78, 5) is 0. The maximum atomic E-state index is 6.88. The Morgan fingerprint density at radius 1 is 0.538 bits per heavy atom. The van der Waals surface area contributed by atoms with Gasteiger partial charge in [-0.2, -0.15) is 0 Å². The van der Waals surface area contributed by atoms with Crippen molar-refractivity contribution in [1.29, 1.82) is 0 Å². The van der Waals surface area contributed by atoms with Crippen LogP contribution in [0.4, 0.5) is 17.1 Å². The van der Waals surface area contributed by atoms with Gasteiger partial charge in [0.2, 0.25) is 0 Å². The van der Waals surface area contributed by atoms with Crippen molar-refractivity contribution in [2.75, 3.05) is 38.5 Å². The second-order valence-electron chi connectivity index (χ2n) is 10.3. The Balaban J connectivity index is 2.33. The Hall–Kier alpha value is -3.54.